The predicted octanol–water partition coefficient (Wildman–Crippen LogP) is 4.36. The number of aromatic nitrogens is 2. The molecule has 0 saturated carbocycles. The van der Waals surface area contributed by atoms with Gasteiger partial charge in [-0.05, 0) is 44.5 Å². The molecule has 7 heteroatoms. The van der Waals surface area contributed by atoms with E-state index in [4.69, 9.17) is 20.8 Å². The molecule has 3 aromatic rings. The van der Waals surface area contributed by atoms with Gasteiger partial charge >= 0.3 is 0 Å². The summed E-state index contributed by atoms with van der Waals surface area (Å²) in [5.74, 6) is 0.594. The summed E-state index contributed by atoms with van der Waals surface area (Å²) in [6.45, 7) is 5.25. The molecule has 0 unspecified atom stereocenters. The summed E-state index contributed by atoms with van der Waals surface area (Å²) in [6.07, 6.45) is 0.775. The van der Waals surface area contributed by atoms with Crippen LogP contribution in [0.25, 0.3) is 0 Å². The molecule has 1 aromatic carbocycles. The van der Waals surface area contributed by atoms with E-state index in [0.717, 1.165) is 24.4 Å². The minimum absolute atomic E-state index is 0.193. The molecule has 2 aromatic heterocycles. The highest BCUT2D eigenvalue weighted by Crippen LogP contribution is 2.29. The number of nitrogens with one attached hydrogen (secondary N) is 1. The van der Waals surface area contributed by atoms with Crippen molar-refractivity contribution >= 4 is 17.5 Å². The molecular formula is C19H20ClN3O3. The summed E-state index contributed by atoms with van der Waals surface area (Å²) < 4.78 is 12.9. The lowest BCUT2D eigenvalue weighted by molar-refractivity contribution is 0.0920. The smallest absolute Gasteiger partial charge is 0.290 e. The van der Waals surface area contributed by atoms with Crippen molar-refractivity contribution in [3.63, 3.8) is 0 Å². The minimum atomic E-state index is -0.285. The average Bonchev–Trinajstić information content (AvgIpc) is 3.20. The van der Waals surface area contributed by atoms with Gasteiger partial charge in [0.05, 0.1) is 10.7 Å². The van der Waals surface area contributed by atoms with Gasteiger partial charge < -0.3 is 14.5 Å². The molecule has 1 N–H and O–H groups in total. The molecule has 0 atom stereocenters. The van der Waals surface area contributed by atoms with Crippen molar-refractivity contribution in [2.75, 3.05) is 6.54 Å². The molecule has 0 aliphatic rings. The Labute approximate surface area is 156 Å². The normalized spacial score (nSPS) is 10.7. The Morgan fingerprint density at radius 3 is 2.81 bits per heavy atom. The summed E-state index contributed by atoms with van der Waals surface area (Å²) in [5, 5.41) is 7.69. The lowest BCUT2D eigenvalue weighted by atomic mass is 10.3. The van der Waals surface area contributed by atoms with Crippen molar-refractivity contribution in [3.05, 3.63) is 64.6 Å². The Balaban J connectivity index is 1.49. The number of rotatable bonds is 7. The third-order valence-corrected chi connectivity index (χ3v) is 4.10. The lowest BCUT2D eigenvalue weighted by Gasteiger charge is -2.06. The van der Waals surface area contributed by atoms with Crippen molar-refractivity contribution in [2.24, 2.45) is 0 Å². The molecule has 0 bridgehead atoms. The van der Waals surface area contributed by atoms with Gasteiger partial charge in [0.1, 0.15) is 5.75 Å². The number of nitrogens with zero attached hydrogens (tertiary/aromatic N) is 2. The van der Waals surface area contributed by atoms with Crippen LogP contribution in [0.4, 0.5) is 0 Å². The molecule has 26 heavy (non-hydrogen) atoms. The van der Waals surface area contributed by atoms with Crippen LogP contribution in [-0.2, 0) is 6.54 Å². The fourth-order valence-electron chi connectivity index (χ4n) is 2.55. The van der Waals surface area contributed by atoms with E-state index in [1.165, 1.54) is 0 Å². The first-order valence-corrected chi connectivity index (χ1v) is 8.72. The van der Waals surface area contributed by atoms with E-state index in [-0.39, 0.29) is 17.6 Å². The van der Waals surface area contributed by atoms with Gasteiger partial charge in [-0.2, -0.15) is 5.10 Å². The van der Waals surface area contributed by atoms with Crippen LogP contribution in [0.5, 0.6) is 11.7 Å². The first kappa shape index (κ1) is 18.1. The third kappa shape index (κ3) is 4.46. The summed E-state index contributed by atoms with van der Waals surface area (Å²) in [6, 6.07) is 12.3. The number of amides is 1. The van der Waals surface area contributed by atoms with Crippen LogP contribution in [0.3, 0.4) is 0 Å². The first-order chi connectivity index (χ1) is 12.5. The standard InChI is InChI=1S/C19H20ClN3O3/c1-13-12-14(2)23(22-13)11-5-10-21-19(24)17-8-9-18(26-17)25-16-7-4-3-6-15(16)20/h3-4,6-9,12H,5,10-11H2,1-2H3,(H,21,24). The number of hydrogen-bond donors (Lipinski definition) is 1. The Kier molecular flexibility index (Phi) is 5.63. The van der Waals surface area contributed by atoms with Crippen LogP contribution in [0.15, 0.2) is 46.9 Å². The zero-order valence-corrected chi connectivity index (χ0v) is 15.4. The number of carbonyl (C=O) groups excluding carboxylic acids is 1. The van der Waals surface area contributed by atoms with Gasteiger partial charge in [0, 0.05) is 24.8 Å². The van der Waals surface area contributed by atoms with Crippen LogP contribution < -0.4 is 10.1 Å². The van der Waals surface area contributed by atoms with Crippen LogP contribution in [0.2, 0.25) is 5.02 Å². The Morgan fingerprint density at radius 1 is 1.27 bits per heavy atom. The fraction of sp³-hybridized carbons (Fsp3) is 0.263. The van der Waals surface area contributed by atoms with E-state index in [9.17, 15) is 4.79 Å². The maximum absolute atomic E-state index is 12.2. The van der Waals surface area contributed by atoms with E-state index in [2.05, 4.69) is 10.4 Å². The van der Waals surface area contributed by atoms with E-state index >= 15 is 0 Å². The molecular weight excluding hydrogens is 354 g/mol. The number of furan rings is 1. The molecule has 0 saturated heterocycles. The Hall–Kier alpha value is -2.73. The number of benzene rings is 1. The minimum Gasteiger partial charge on any atom is -0.424 e. The van der Waals surface area contributed by atoms with Crippen molar-refractivity contribution in [1.82, 2.24) is 15.1 Å². The lowest BCUT2D eigenvalue weighted by Crippen LogP contribution is -2.25. The first-order valence-electron chi connectivity index (χ1n) is 8.34. The molecule has 2 heterocycles. The van der Waals surface area contributed by atoms with Gasteiger partial charge in [-0.3, -0.25) is 9.48 Å². The monoisotopic (exact) mass is 373 g/mol. The molecule has 1 amide bonds. The summed E-state index contributed by atoms with van der Waals surface area (Å²) >= 11 is 6.04. The Morgan fingerprint density at radius 2 is 2.08 bits per heavy atom. The number of halogens is 1. The number of aryl methyl sites for hydroxylation is 3. The van der Waals surface area contributed by atoms with Crippen molar-refractivity contribution in [2.45, 2.75) is 26.8 Å². The molecule has 0 aliphatic heterocycles. The second-order valence-corrected chi connectivity index (χ2v) is 6.32. The Bertz CT molecular complexity index is 901. The highest BCUT2D eigenvalue weighted by molar-refractivity contribution is 6.32. The highest BCUT2D eigenvalue weighted by atomic mass is 35.5. The van der Waals surface area contributed by atoms with Gasteiger partial charge in [-0.1, -0.05) is 23.7 Å². The fourth-order valence-corrected chi connectivity index (χ4v) is 2.73. The zero-order valence-electron chi connectivity index (χ0n) is 14.7. The highest BCUT2D eigenvalue weighted by Gasteiger charge is 2.13. The molecule has 3 rings (SSSR count). The molecule has 136 valence electrons. The van der Waals surface area contributed by atoms with E-state index in [0.29, 0.717) is 17.3 Å². The van der Waals surface area contributed by atoms with Crippen molar-refractivity contribution in [1.29, 1.82) is 0 Å². The predicted molar refractivity (Wildman–Crippen MR) is 98.9 cm³/mol. The molecule has 0 fully saturated rings. The van der Waals surface area contributed by atoms with Gasteiger partial charge in [0.2, 0.25) is 0 Å². The molecule has 6 nitrogen and oxygen atoms in total. The summed E-state index contributed by atoms with van der Waals surface area (Å²) in [4.78, 5) is 12.2. The maximum atomic E-state index is 12.2. The number of hydrogen-bond acceptors (Lipinski definition) is 4. The van der Waals surface area contributed by atoms with Crippen LogP contribution in [-0.4, -0.2) is 22.2 Å². The van der Waals surface area contributed by atoms with E-state index in [1.54, 1.807) is 30.3 Å². The summed E-state index contributed by atoms with van der Waals surface area (Å²) in [5.41, 5.74) is 2.11. The van der Waals surface area contributed by atoms with Gasteiger partial charge in [0.25, 0.3) is 11.9 Å². The topological polar surface area (TPSA) is 69.3 Å². The summed E-state index contributed by atoms with van der Waals surface area (Å²) in [7, 11) is 0. The quantitative estimate of drug-likeness (QED) is 0.625. The number of carbonyl (C=O) groups is 1. The van der Waals surface area contributed by atoms with Gasteiger partial charge in [0.15, 0.2) is 5.76 Å². The van der Waals surface area contributed by atoms with Gasteiger partial charge in [-0.25, -0.2) is 0 Å². The van der Waals surface area contributed by atoms with Crippen LogP contribution >= 0.6 is 11.6 Å². The molecule has 0 spiro atoms. The maximum Gasteiger partial charge on any atom is 0.290 e. The SMILES string of the molecule is Cc1cc(C)n(CCCNC(=O)c2ccc(Oc3ccccc3Cl)o2)n1. The number of ether oxygens (including phenoxy) is 1. The largest absolute Gasteiger partial charge is 0.424 e. The molecule has 0 aliphatic carbocycles. The zero-order chi connectivity index (χ0) is 18.5. The molecule has 0 radical (unpaired) electrons. The van der Waals surface area contributed by atoms with Gasteiger partial charge in [-0.15, -0.1) is 0 Å². The van der Waals surface area contributed by atoms with E-state index < -0.39 is 0 Å². The third-order valence-electron chi connectivity index (χ3n) is 3.79. The number of para-hydroxylation sites is 1. The van der Waals surface area contributed by atoms with Crippen molar-refractivity contribution in [3.8, 4) is 11.7 Å². The van der Waals surface area contributed by atoms with E-state index in [1.807, 2.05) is 30.7 Å². The van der Waals surface area contributed by atoms with Crippen LogP contribution in [0.1, 0.15) is 28.4 Å². The van der Waals surface area contributed by atoms with Crippen molar-refractivity contribution < 1.29 is 13.9 Å². The second-order valence-electron chi connectivity index (χ2n) is 5.91. The second kappa shape index (κ2) is 8.10. The van der Waals surface area contributed by atoms with Crippen LogP contribution in [0, 0.1) is 13.8 Å². The average molecular weight is 374 g/mol.